The molecule has 0 amide bonds. The van der Waals surface area contributed by atoms with Gasteiger partial charge in [0.2, 0.25) is 0 Å². The van der Waals surface area contributed by atoms with Crippen LogP contribution in [-0.4, -0.2) is 31.8 Å². The van der Waals surface area contributed by atoms with Crippen LogP contribution in [0.15, 0.2) is 0 Å². The van der Waals surface area contributed by atoms with Crippen molar-refractivity contribution in [1.29, 1.82) is 0 Å². The molecule has 3 nitrogen and oxygen atoms in total. The average molecular weight is 184 g/mol. The summed E-state index contributed by atoms with van der Waals surface area (Å²) in [6.07, 6.45) is 0.431. The Labute approximate surface area is 70.7 Å². The summed E-state index contributed by atoms with van der Waals surface area (Å²) in [4.78, 5) is 9.69. The van der Waals surface area contributed by atoms with Gasteiger partial charge in [0.15, 0.2) is 5.67 Å². The summed E-state index contributed by atoms with van der Waals surface area (Å²) in [5.41, 5.74) is -1.32. The highest BCUT2D eigenvalue weighted by Gasteiger charge is 2.34. The van der Waals surface area contributed by atoms with Crippen molar-refractivity contribution in [2.75, 3.05) is 19.7 Å². The summed E-state index contributed by atoms with van der Waals surface area (Å²) in [5, 5.41) is 2.85. The first-order chi connectivity index (χ1) is 4.77. The van der Waals surface area contributed by atoms with Gasteiger partial charge in [0, 0.05) is 6.54 Å². The smallest absolute Gasteiger partial charge is 0.293 e. The maximum Gasteiger partial charge on any atom is 0.293 e. The van der Waals surface area contributed by atoms with E-state index in [1.807, 2.05) is 0 Å². The van der Waals surface area contributed by atoms with Crippen LogP contribution in [0.25, 0.3) is 0 Å². The quantitative estimate of drug-likeness (QED) is 0.639. The predicted octanol–water partition coefficient (Wildman–Crippen LogP) is 0.283. The summed E-state index contributed by atoms with van der Waals surface area (Å²) in [6.45, 7) is 1.11. The van der Waals surface area contributed by atoms with E-state index in [9.17, 15) is 9.18 Å². The van der Waals surface area contributed by atoms with Crippen molar-refractivity contribution in [3.05, 3.63) is 0 Å². The molecule has 1 rings (SSSR count). The third kappa shape index (κ3) is 3.03. The molecule has 1 saturated heterocycles. The molecule has 0 saturated carbocycles. The Hall–Kier alpha value is -0.350. The molecular weight excluding hydrogens is 173 g/mol. The van der Waals surface area contributed by atoms with Gasteiger partial charge in [0.1, 0.15) is 6.61 Å². The fraction of sp³-hybridized carbons (Fsp3) is 0.833. The van der Waals surface area contributed by atoms with Gasteiger partial charge in [0.25, 0.3) is 6.47 Å². The second-order valence-electron chi connectivity index (χ2n) is 2.48. The van der Waals surface area contributed by atoms with Gasteiger partial charge in [-0.05, 0) is 13.0 Å². The molecule has 1 fully saturated rings. The van der Waals surface area contributed by atoms with Crippen LogP contribution >= 0.6 is 12.4 Å². The lowest BCUT2D eigenvalue weighted by Crippen LogP contribution is -2.31. The van der Waals surface area contributed by atoms with Gasteiger partial charge in [-0.15, -0.1) is 12.4 Å². The average Bonchev–Trinajstić information content (AvgIpc) is 2.33. The van der Waals surface area contributed by atoms with Crippen molar-refractivity contribution in [1.82, 2.24) is 5.32 Å². The first kappa shape index (κ1) is 10.7. The highest BCUT2D eigenvalue weighted by Crippen LogP contribution is 2.19. The molecule has 1 N–H and O–H groups in total. The Morgan fingerprint density at radius 3 is 2.91 bits per heavy atom. The van der Waals surface area contributed by atoms with E-state index in [1.165, 1.54) is 0 Å². The number of alkyl halides is 1. The van der Waals surface area contributed by atoms with E-state index in [1.54, 1.807) is 0 Å². The summed E-state index contributed by atoms with van der Waals surface area (Å²) >= 11 is 0. The topological polar surface area (TPSA) is 38.3 Å². The summed E-state index contributed by atoms with van der Waals surface area (Å²) in [5.74, 6) is 0. The molecule has 0 bridgehead atoms. The van der Waals surface area contributed by atoms with Crippen molar-refractivity contribution in [3.8, 4) is 0 Å². The minimum absolute atomic E-state index is 0. The van der Waals surface area contributed by atoms with E-state index < -0.39 is 5.67 Å². The molecule has 1 heterocycles. The van der Waals surface area contributed by atoms with Gasteiger partial charge < -0.3 is 10.1 Å². The third-order valence-electron chi connectivity index (χ3n) is 1.60. The van der Waals surface area contributed by atoms with Crippen molar-refractivity contribution >= 4 is 18.9 Å². The van der Waals surface area contributed by atoms with Crippen LogP contribution in [0.3, 0.4) is 0 Å². The Kier molecular flexibility index (Phi) is 4.37. The lowest BCUT2D eigenvalue weighted by molar-refractivity contribution is -0.132. The lowest BCUT2D eigenvalue weighted by atomic mass is 10.1. The van der Waals surface area contributed by atoms with Gasteiger partial charge in [-0.2, -0.15) is 0 Å². The standard InChI is InChI=1S/C6H10FNO2.ClH/c7-6(4-10-5-9)1-2-8-3-6;/h5,8H,1-4H2;1H. The van der Waals surface area contributed by atoms with Crippen LogP contribution in [0.4, 0.5) is 4.39 Å². The zero-order chi connectivity index (χ0) is 7.45. The summed E-state index contributed by atoms with van der Waals surface area (Å²) in [7, 11) is 0. The van der Waals surface area contributed by atoms with E-state index in [2.05, 4.69) is 10.1 Å². The number of halogens is 2. The van der Waals surface area contributed by atoms with E-state index in [0.29, 0.717) is 19.5 Å². The Bertz CT molecular complexity index is 128. The van der Waals surface area contributed by atoms with Gasteiger partial charge >= 0.3 is 0 Å². The van der Waals surface area contributed by atoms with Gasteiger partial charge in [-0.25, -0.2) is 4.39 Å². The van der Waals surface area contributed by atoms with Gasteiger partial charge in [0.05, 0.1) is 0 Å². The maximum absolute atomic E-state index is 13.2. The summed E-state index contributed by atoms with van der Waals surface area (Å²) in [6, 6.07) is 0. The highest BCUT2D eigenvalue weighted by atomic mass is 35.5. The second-order valence-corrected chi connectivity index (χ2v) is 2.48. The second kappa shape index (κ2) is 4.51. The number of hydrogen-bond donors (Lipinski definition) is 1. The minimum atomic E-state index is -1.32. The van der Waals surface area contributed by atoms with Gasteiger partial charge in [-0.1, -0.05) is 0 Å². The number of hydrogen-bond acceptors (Lipinski definition) is 3. The zero-order valence-corrected chi connectivity index (χ0v) is 6.82. The number of ether oxygens (including phenoxy) is 1. The van der Waals surface area contributed by atoms with Crippen LogP contribution in [0, 0.1) is 0 Å². The van der Waals surface area contributed by atoms with E-state index in [4.69, 9.17) is 0 Å². The fourth-order valence-corrected chi connectivity index (χ4v) is 1.02. The molecule has 1 aliphatic heterocycles. The molecule has 5 heteroatoms. The number of nitrogens with one attached hydrogen (secondary N) is 1. The molecule has 0 aliphatic carbocycles. The van der Waals surface area contributed by atoms with Crippen LogP contribution in [0.2, 0.25) is 0 Å². The Morgan fingerprint density at radius 2 is 2.45 bits per heavy atom. The largest absolute Gasteiger partial charge is 0.464 e. The molecule has 1 atom stereocenters. The first-order valence-corrected chi connectivity index (χ1v) is 3.22. The summed E-state index contributed by atoms with van der Waals surface area (Å²) < 4.78 is 17.5. The molecular formula is C6H11ClFNO2. The molecule has 0 aromatic heterocycles. The van der Waals surface area contributed by atoms with E-state index >= 15 is 0 Å². The molecule has 1 aliphatic rings. The van der Waals surface area contributed by atoms with Crippen molar-refractivity contribution in [3.63, 3.8) is 0 Å². The van der Waals surface area contributed by atoms with Crippen LogP contribution in [0.5, 0.6) is 0 Å². The molecule has 0 radical (unpaired) electrons. The van der Waals surface area contributed by atoms with Crippen LogP contribution in [-0.2, 0) is 9.53 Å². The van der Waals surface area contributed by atoms with Crippen molar-refractivity contribution < 1.29 is 13.9 Å². The molecule has 0 spiro atoms. The van der Waals surface area contributed by atoms with Gasteiger partial charge in [-0.3, -0.25) is 4.79 Å². The minimum Gasteiger partial charge on any atom is -0.464 e. The predicted molar refractivity (Wildman–Crippen MR) is 40.6 cm³/mol. The normalized spacial score (nSPS) is 29.2. The SMILES string of the molecule is Cl.O=COCC1(F)CCNC1. The van der Waals surface area contributed by atoms with Crippen LogP contribution < -0.4 is 5.32 Å². The fourth-order valence-electron chi connectivity index (χ4n) is 1.02. The monoisotopic (exact) mass is 183 g/mol. The highest BCUT2D eigenvalue weighted by molar-refractivity contribution is 5.85. The molecule has 0 aromatic carbocycles. The maximum atomic E-state index is 13.2. The lowest BCUT2D eigenvalue weighted by Gasteiger charge is -2.15. The van der Waals surface area contributed by atoms with E-state index in [-0.39, 0.29) is 25.5 Å². The molecule has 66 valence electrons. The molecule has 11 heavy (non-hydrogen) atoms. The number of rotatable bonds is 3. The third-order valence-corrected chi connectivity index (χ3v) is 1.60. The zero-order valence-electron chi connectivity index (χ0n) is 6.01. The first-order valence-electron chi connectivity index (χ1n) is 3.22. The van der Waals surface area contributed by atoms with Crippen molar-refractivity contribution in [2.24, 2.45) is 0 Å². The Morgan fingerprint density at radius 1 is 1.73 bits per heavy atom. The molecule has 1 unspecified atom stereocenters. The Balaban J connectivity index is 0.000001000. The molecule has 0 aromatic rings. The number of carbonyl (C=O) groups is 1. The van der Waals surface area contributed by atoms with Crippen LogP contribution in [0.1, 0.15) is 6.42 Å². The van der Waals surface area contributed by atoms with E-state index in [0.717, 1.165) is 0 Å². The number of carbonyl (C=O) groups excluding carboxylic acids is 1. The van der Waals surface area contributed by atoms with Crippen molar-refractivity contribution in [2.45, 2.75) is 12.1 Å².